The lowest BCUT2D eigenvalue weighted by molar-refractivity contribution is 0.142. The zero-order valence-corrected chi connectivity index (χ0v) is 13.6. The van der Waals surface area contributed by atoms with Gasteiger partial charge in [0, 0.05) is 18.3 Å². The Hall–Kier alpha value is -2.50. The van der Waals surface area contributed by atoms with Crippen molar-refractivity contribution in [1.82, 2.24) is 20.4 Å². The normalized spacial score (nSPS) is 23.2. The first kappa shape index (κ1) is 15.1. The van der Waals surface area contributed by atoms with Crippen molar-refractivity contribution >= 4 is 6.03 Å². The van der Waals surface area contributed by atoms with Gasteiger partial charge in [-0.3, -0.25) is 5.10 Å². The fourth-order valence-corrected chi connectivity index (χ4v) is 3.64. The van der Waals surface area contributed by atoms with Crippen LogP contribution in [0.4, 0.5) is 4.79 Å². The minimum absolute atomic E-state index is 0.00567. The van der Waals surface area contributed by atoms with Crippen LogP contribution >= 0.6 is 0 Å². The predicted molar refractivity (Wildman–Crippen MR) is 89.8 cm³/mol. The molecule has 0 radical (unpaired) electrons. The number of urea groups is 1. The molecule has 1 aromatic carbocycles. The second-order valence-corrected chi connectivity index (χ2v) is 6.51. The van der Waals surface area contributed by atoms with Crippen molar-refractivity contribution in [3.63, 3.8) is 0 Å². The van der Waals surface area contributed by atoms with Gasteiger partial charge in [0.2, 0.25) is 0 Å². The Morgan fingerprint density at radius 1 is 1.33 bits per heavy atom. The number of nitrogens with one attached hydrogen (secondary N) is 2. The molecule has 1 aromatic heterocycles. The summed E-state index contributed by atoms with van der Waals surface area (Å²) in [4.78, 5) is 14.8. The number of piperidine rings is 1. The summed E-state index contributed by atoms with van der Waals surface area (Å²) in [6, 6.07) is 8.13. The lowest BCUT2D eigenvalue weighted by Gasteiger charge is -2.37. The minimum atomic E-state index is -0.00567. The summed E-state index contributed by atoms with van der Waals surface area (Å²) in [7, 11) is 0. The molecule has 2 atom stereocenters. The van der Waals surface area contributed by atoms with Crippen LogP contribution in [0.25, 0.3) is 0 Å². The summed E-state index contributed by atoms with van der Waals surface area (Å²) >= 11 is 0. The Balaban J connectivity index is 1.44. The maximum absolute atomic E-state index is 12.8. The van der Waals surface area contributed by atoms with E-state index in [0.29, 0.717) is 6.61 Å². The molecular weight excluding hydrogens is 304 g/mol. The van der Waals surface area contributed by atoms with Gasteiger partial charge in [-0.05, 0) is 37.3 Å². The van der Waals surface area contributed by atoms with E-state index in [1.165, 1.54) is 0 Å². The molecular formula is C18H22N4O2. The van der Waals surface area contributed by atoms with Crippen LogP contribution < -0.4 is 10.1 Å². The smallest absolute Gasteiger partial charge is 0.318 e. The molecule has 0 spiro atoms. The molecule has 2 aromatic rings. The molecule has 1 saturated heterocycles. The maximum Gasteiger partial charge on any atom is 0.318 e. The summed E-state index contributed by atoms with van der Waals surface area (Å²) in [5.74, 6) is 0.928. The van der Waals surface area contributed by atoms with Crippen molar-refractivity contribution in [3.8, 4) is 5.75 Å². The highest BCUT2D eigenvalue weighted by Crippen LogP contribution is 2.30. The fraction of sp³-hybridized carbons (Fsp3) is 0.444. The van der Waals surface area contributed by atoms with E-state index in [-0.39, 0.29) is 18.1 Å². The van der Waals surface area contributed by atoms with Gasteiger partial charge < -0.3 is 15.0 Å². The lowest BCUT2D eigenvalue weighted by atomic mass is 9.98. The molecule has 2 aliphatic heterocycles. The van der Waals surface area contributed by atoms with E-state index >= 15 is 0 Å². The molecule has 4 rings (SSSR count). The largest absolute Gasteiger partial charge is 0.491 e. The van der Waals surface area contributed by atoms with Crippen LogP contribution in [-0.2, 0) is 6.42 Å². The number of benzene rings is 1. The molecule has 6 nitrogen and oxygen atoms in total. The summed E-state index contributed by atoms with van der Waals surface area (Å²) in [5, 5.41) is 10.0. The van der Waals surface area contributed by atoms with Crippen LogP contribution in [-0.4, -0.2) is 40.3 Å². The van der Waals surface area contributed by atoms with Crippen LogP contribution in [0, 0.1) is 0 Å². The second kappa shape index (κ2) is 6.55. The third-order valence-electron chi connectivity index (χ3n) is 4.87. The summed E-state index contributed by atoms with van der Waals surface area (Å²) in [5.41, 5.74) is 2.23. The van der Waals surface area contributed by atoms with Crippen LogP contribution in [0.3, 0.4) is 0 Å². The number of aromatic nitrogens is 2. The number of aromatic amines is 1. The van der Waals surface area contributed by atoms with E-state index in [2.05, 4.69) is 21.6 Å². The van der Waals surface area contributed by atoms with Crippen molar-refractivity contribution < 1.29 is 9.53 Å². The molecule has 1 fully saturated rings. The number of hydrogen-bond donors (Lipinski definition) is 2. The Labute approximate surface area is 141 Å². The monoisotopic (exact) mass is 326 g/mol. The van der Waals surface area contributed by atoms with Crippen LogP contribution in [0.15, 0.2) is 36.7 Å². The molecule has 24 heavy (non-hydrogen) atoms. The topological polar surface area (TPSA) is 70.2 Å². The van der Waals surface area contributed by atoms with Gasteiger partial charge in [-0.1, -0.05) is 18.2 Å². The predicted octanol–water partition coefficient (Wildman–Crippen LogP) is 2.65. The lowest BCUT2D eigenvalue weighted by Crippen LogP contribution is -2.51. The molecule has 126 valence electrons. The Morgan fingerprint density at radius 2 is 2.25 bits per heavy atom. The van der Waals surface area contributed by atoms with Crippen molar-refractivity contribution in [3.05, 3.63) is 47.8 Å². The third-order valence-corrected chi connectivity index (χ3v) is 4.87. The first-order chi connectivity index (χ1) is 11.8. The van der Waals surface area contributed by atoms with E-state index in [1.54, 1.807) is 0 Å². The Kier molecular flexibility index (Phi) is 4.11. The number of carbonyl (C=O) groups is 1. The van der Waals surface area contributed by atoms with Gasteiger partial charge in [-0.25, -0.2) is 4.79 Å². The van der Waals surface area contributed by atoms with Gasteiger partial charge in [-0.2, -0.15) is 5.10 Å². The van der Waals surface area contributed by atoms with Crippen molar-refractivity contribution in [1.29, 1.82) is 0 Å². The number of rotatable bonds is 2. The molecule has 0 unspecified atom stereocenters. The number of likely N-dealkylation sites (tertiary alicyclic amines) is 1. The van der Waals surface area contributed by atoms with Gasteiger partial charge in [0.25, 0.3) is 0 Å². The first-order valence-corrected chi connectivity index (χ1v) is 8.58. The molecule has 0 aliphatic carbocycles. The number of fused-ring (bicyclic) bond motifs is 1. The zero-order valence-electron chi connectivity index (χ0n) is 13.6. The highest BCUT2D eigenvalue weighted by atomic mass is 16.5. The quantitative estimate of drug-likeness (QED) is 0.891. The van der Waals surface area contributed by atoms with Gasteiger partial charge in [0.15, 0.2) is 0 Å². The second-order valence-electron chi connectivity index (χ2n) is 6.51. The van der Waals surface area contributed by atoms with E-state index in [4.69, 9.17) is 4.74 Å². The van der Waals surface area contributed by atoms with Gasteiger partial charge in [0.05, 0.1) is 18.3 Å². The first-order valence-electron chi connectivity index (χ1n) is 8.58. The minimum Gasteiger partial charge on any atom is -0.491 e. The summed E-state index contributed by atoms with van der Waals surface area (Å²) in [6.07, 6.45) is 7.68. The third kappa shape index (κ3) is 2.96. The van der Waals surface area contributed by atoms with Crippen molar-refractivity contribution in [2.24, 2.45) is 0 Å². The van der Waals surface area contributed by atoms with Gasteiger partial charge in [0.1, 0.15) is 12.4 Å². The Morgan fingerprint density at radius 3 is 3.12 bits per heavy atom. The number of para-hydroxylation sites is 1. The summed E-state index contributed by atoms with van der Waals surface area (Å²) < 4.78 is 5.78. The average molecular weight is 326 g/mol. The molecule has 2 amide bonds. The van der Waals surface area contributed by atoms with Crippen LogP contribution in [0.5, 0.6) is 5.75 Å². The molecule has 2 N–H and O–H groups in total. The number of nitrogens with zero attached hydrogens (tertiary/aromatic N) is 2. The molecule has 6 heteroatoms. The number of carbonyl (C=O) groups excluding carboxylic acids is 1. The fourth-order valence-electron chi connectivity index (χ4n) is 3.64. The van der Waals surface area contributed by atoms with Gasteiger partial charge in [-0.15, -0.1) is 0 Å². The number of ether oxygens (including phenoxy) is 1. The molecule has 3 heterocycles. The molecule has 2 aliphatic rings. The SMILES string of the molecule is O=C(N[C@H]1COc2ccccc2C1)N1CCCC[C@H]1c1cn[nH]c1. The molecule has 0 saturated carbocycles. The van der Waals surface area contributed by atoms with E-state index in [0.717, 1.165) is 49.1 Å². The highest BCUT2D eigenvalue weighted by Gasteiger charge is 2.30. The highest BCUT2D eigenvalue weighted by molar-refractivity contribution is 5.75. The van der Waals surface area contributed by atoms with E-state index in [1.807, 2.05) is 35.5 Å². The average Bonchev–Trinajstić information content (AvgIpc) is 3.16. The van der Waals surface area contributed by atoms with Gasteiger partial charge >= 0.3 is 6.03 Å². The van der Waals surface area contributed by atoms with E-state index in [9.17, 15) is 4.79 Å². The van der Waals surface area contributed by atoms with Crippen LogP contribution in [0.2, 0.25) is 0 Å². The standard InChI is InChI=1S/C18H22N4O2/c23-18(21-15-9-13-5-1-2-7-17(13)24-12-15)22-8-4-3-6-16(22)14-10-19-20-11-14/h1-2,5,7,10-11,15-16H,3-4,6,8-9,12H2,(H,19,20)(H,21,23)/t15-,16+/m1/s1. The van der Waals surface area contributed by atoms with Crippen LogP contribution in [0.1, 0.15) is 36.4 Å². The maximum atomic E-state index is 12.8. The molecule has 0 bridgehead atoms. The number of H-pyrrole nitrogens is 1. The van der Waals surface area contributed by atoms with Crippen molar-refractivity contribution in [2.45, 2.75) is 37.8 Å². The summed E-state index contributed by atoms with van der Waals surface area (Å²) in [6.45, 7) is 1.30. The number of amides is 2. The Bertz CT molecular complexity index is 701. The number of hydrogen-bond acceptors (Lipinski definition) is 3. The van der Waals surface area contributed by atoms with E-state index < -0.39 is 0 Å². The zero-order chi connectivity index (χ0) is 16.4. The van der Waals surface area contributed by atoms with Crippen molar-refractivity contribution in [2.75, 3.05) is 13.2 Å².